The third-order valence-corrected chi connectivity index (χ3v) is 6.42. The molecule has 0 aliphatic carbocycles. The number of amides is 1. The van der Waals surface area contributed by atoms with Crippen molar-refractivity contribution < 1.29 is 33.7 Å². The van der Waals surface area contributed by atoms with Crippen LogP contribution in [0.15, 0.2) is 72.3 Å². The third-order valence-electron chi connectivity index (χ3n) is 6.42. The highest BCUT2D eigenvalue weighted by Crippen LogP contribution is 2.44. The van der Waals surface area contributed by atoms with Crippen LogP contribution >= 0.6 is 0 Å². The van der Waals surface area contributed by atoms with Crippen LogP contribution in [0.4, 0.5) is 5.69 Å². The molecule has 1 saturated heterocycles. The minimum atomic E-state index is -0.998. The highest BCUT2D eigenvalue weighted by molar-refractivity contribution is 6.51. The molecule has 39 heavy (non-hydrogen) atoms. The van der Waals surface area contributed by atoms with Gasteiger partial charge in [0, 0.05) is 24.2 Å². The molecule has 1 N–H and O–H groups in total. The van der Waals surface area contributed by atoms with Gasteiger partial charge in [0.05, 0.1) is 25.3 Å². The summed E-state index contributed by atoms with van der Waals surface area (Å²) in [6.45, 7) is 7.67. The Balaban J connectivity index is 1.95. The van der Waals surface area contributed by atoms with Crippen molar-refractivity contribution in [3.8, 4) is 17.2 Å². The Labute approximate surface area is 227 Å². The molecular weight excluding hydrogens is 498 g/mol. The highest BCUT2D eigenvalue weighted by atomic mass is 16.5. The van der Waals surface area contributed by atoms with E-state index in [4.69, 9.17) is 14.2 Å². The molecule has 1 unspecified atom stereocenters. The largest absolute Gasteiger partial charge is 0.507 e. The number of aliphatic hydroxyl groups is 1. The van der Waals surface area contributed by atoms with Gasteiger partial charge in [-0.1, -0.05) is 32.0 Å². The number of nitrogens with zero attached hydrogens (tertiary/aromatic N) is 1. The number of ketones is 1. The number of aliphatic hydroxyl groups excluding tert-OH is 1. The van der Waals surface area contributed by atoms with E-state index >= 15 is 0 Å². The van der Waals surface area contributed by atoms with Gasteiger partial charge in [-0.3, -0.25) is 19.3 Å². The first-order valence-electron chi connectivity index (χ1n) is 12.7. The van der Waals surface area contributed by atoms with Crippen molar-refractivity contribution in [3.63, 3.8) is 0 Å². The monoisotopic (exact) mass is 529 g/mol. The van der Waals surface area contributed by atoms with Crippen molar-refractivity contribution >= 4 is 29.1 Å². The molecule has 8 nitrogen and oxygen atoms in total. The number of benzene rings is 3. The molecule has 0 saturated carbocycles. The molecule has 1 heterocycles. The van der Waals surface area contributed by atoms with Crippen LogP contribution in [0.5, 0.6) is 17.2 Å². The zero-order valence-electron chi connectivity index (χ0n) is 22.6. The summed E-state index contributed by atoms with van der Waals surface area (Å²) in [5.41, 5.74) is 2.05. The fourth-order valence-electron chi connectivity index (χ4n) is 4.68. The second-order valence-corrected chi connectivity index (χ2v) is 9.38. The number of carbonyl (C=O) groups excluding carboxylic acids is 3. The number of Topliss-reactive ketones (excluding diaryl/α,β-unsaturated/α-hetero) is 1. The van der Waals surface area contributed by atoms with Gasteiger partial charge >= 0.3 is 5.97 Å². The van der Waals surface area contributed by atoms with Crippen LogP contribution in [0, 0.1) is 0 Å². The van der Waals surface area contributed by atoms with Crippen LogP contribution < -0.4 is 19.1 Å². The van der Waals surface area contributed by atoms with E-state index in [1.807, 2.05) is 20.8 Å². The van der Waals surface area contributed by atoms with E-state index in [1.54, 1.807) is 66.7 Å². The van der Waals surface area contributed by atoms with E-state index in [9.17, 15) is 19.5 Å². The van der Waals surface area contributed by atoms with Crippen LogP contribution in [0.1, 0.15) is 56.3 Å². The minimum Gasteiger partial charge on any atom is -0.507 e. The first kappa shape index (κ1) is 27.4. The van der Waals surface area contributed by atoms with E-state index in [-0.39, 0.29) is 23.0 Å². The van der Waals surface area contributed by atoms with E-state index in [1.165, 1.54) is 18.9 Å². The first-order chi connectivity index (χ1) is 18.7. The molecule has 0 radical (unpaired) electrons. The summed E-state index contributed by atoms with van der Waals surface area (Å²) in [5.74, 6) is -0.951. The van der Waals surface area contributed by atoms with Crippen LogP contribution in [-0.2, 0) is 14.4 Å². The highest BCUT2D eigenvalue weighted by Gasteiger charge is 2.47. The number of hydrogen-bond donors (Lipinski definition) is 1. The van der Waals surface area contributed by atoms with E-state index in [0.717, 1.165) is 5.56 Å². The van der Waals surface area contributed by atoms with Gasteiger partial charge in [0.2, 0.25) is 0 Å². The fourth-order valence-corrected chi connectivity index (χ4v) is 4.68. The average Bonchev–Trinajstić information content (AvgIpc) is 3.18. The molecule has 0 bridgehead atoms. The predicted molar refractivity (Wildman–Crippen MR) is 147 cm³/mol. The Morgan fingerprint density at radius 3 is 2.38 bits per heavy atom. The van der Waals surface area contributed by atoms with Gasteiger partial charge in [-0.15, -0.1) is 0 Å². The van der Waals surface area contributed by atoms with Gasteiger partial charge in [-0.05, 0) is 66.4 Å². The first-order valence-corrected chi connectivity index (χ1v) is 12.7. The topological polar surface area (TPSA) is 102 Å². The quantitative estimate of drug-likeness (QED) is 0.130. The summed E-state index contributed by atoms with van der Waals surface area (Å²) >= 11 is 0. The Kier molecular flexibility index (Phi) is 8.04. The number of rotatable bonds is 8. The molecule has 4 rings (SSSR count). The number of anilines is 1. The van der Waals surface area contributed by atoms with Crippen molar-refractivity contribution in [1.29, 1.82) is 0 Å². The van der Waals surface area contributed by atoms with Crippen molar-refractivity contribution in [2.24, 2.45) is 0 Å². The van der Waals surface area contributed by atoms with Crippen molar-refractivity contribution in [2.45, 2.75) is 39.7 Å². The normalized spacial score (nSPS) is 16.5. The molecule has 1 aliphatic heterocycles. The molecule has 1 aliphatic rings. The molecule has 3 aromatic rings. The molecule has 0 spiro atoms. The smallest absolute Gasteiger partial charge is 0.308 e. The second kappa shape index (κ2) is 11.4. The van der Waals surface area contributed by atoms with Gasteiger partial charge in [0.15, 0.2) is 0 Å². The third kappa shape index (κ3) is 5.50. The predicted octanol–water partition coefficient (Wildman–Crippen LogP) is 5.77. The molecular formula is C31H31NO7. The Hall–Kier alpha value is -4.59. The molecule has 1 atom stereocenters. The van der Waals surface area contributed by atoms with E-state index in [2.05, 4.69) is 0 Å². The maximum atomic E-state index is 13.5. The summed E-state index contributed by atoms with van der Waals surface area (Å²) in [7, 11) is 1.51. The Morgan fingerprint density at radius 1 is 1.00 bits per heavy atom. The van der Waals surface area contributed by atoms with Gasteiger partial charge in [-0.25, -0.2) is 0 Å². The number of methoxy groups -OCH3 is 1. The summed E-state index contributed by atoms with van der Waals surface area (Å²) < 4.78 is 16.3. The standard InChI is InChI=1S/C31H31NO7/c1-6-38-26-14-13-21(16-25(26)18(2)3)29(34)27-28(20-9-7-12-24(15-20)39-19(4)33)32(31(36)30(27)35)22-10-8-11-23(17-22)37-5/h7-18,28,34H,6H2,1-5H3/b29-27+. The van der Waals surface area contributed by atoms with Crippen LogP contribution in [0.2, 0.25) is 0 Å². The lowest BCUT2D eigenvalue weighted by molar-refractivity contribution is -0.132. The van der Waals surface area contributed by atoms with Crippen LogP contribution in [0.25, 0.3) is 5.76 Å². The number of carbonyl (C=O) groups is 3. The van der Waals surface area contributed by atoms with Crippen LogP contribution in [-0.4, -0.2) is 36.5 Å². The number of hydrogen-bond acceptors (Lipinski definition) is 7. The van der Waals surface area contributed by atoms with E-state index in [0.29, 0.717) is 34.9 Å². The zero-order valence-corrected chi connectivity index (χ0v) is 22.6. The van der Waals surface area contributed by atoms with Crippen molar-refractivity contribution in [1.82, 2.24) is 0 Å². The van der Waals surface area contributed by atoms with Crippen molar-refractivity contribution in [3.05, 3.63) is 89.0 Å². The lowest BCUT2D eigenvalue weighted by atomic mass is 9.93. The summed E-state index contributed by atoms with van der Waals surface area (Å²) in [6, 6.07) is 17.5. The Bertz CT molecular complexity index is 1460. The molecule has 1 amide bonds. The second-order valence-electron chi connectivity index (χ2n) is 9.38. The minimum absolute atomic E-state index is 0.0784. The van der Waals surface area contributed by atoms with Crippen molar-refractivity contribution in [2.75, 3.05) is 18.6 Å². The summed E-state index contributed by atoms with van der Waals surface area (Å²) in [6.07, 6.45) is 0. The fraction of sp³-hybridized carbons (Fsp3) is 0.258. The lowest BCUT2D eigenvalue weighted by Crippen LogP contribution is -2.29. The van der Waals surface area contributed by atoms with Gasteiger partial charge in [0.1, 0.15) is 23.0 Å². The maximum Gasteiger partial charge on any atom is 0.308 e. The van der Waals surface area contributed by atoms with Gasteiger partial charge < -0.3 is 19.3 Å². The lowest BCUT2D eigenvalue weighted by Gasteiger charge is -2.26. The molecule has 3 aromatic carbocycles. The molecule has 8 heteroatoms. The molecule has 202 valence electrons. The average molecular weight is 530 g/mol. The maximum absolute atomic E-state index is 13.5. The zero-order chi connectivity index (χ0) is 28.3. The summed E-state index contributed by atoms with van der Waals surface area (Å²) in [4.78, 5) is 40.0. The molecule has 1 fully saturated rings. The Morgan fingerprint density at radius 2 is 1.72 bits per heavy atom. The number of ether oxygens (including phenoxy) is 3. The van der Waals surface area contributed by atoms with Crippen LogP contribution in [0.3, 0.4) is 0 Å². The van der Waals surface area contributed by atoms with Gasteiger partial charge in [-0.2, -0.15) is 0 Å². The summed E-state index contributed by atoms with van der Waals surface area (Å²) in [5, 5.41) is 11.6. The van der Waals surface area contributed by atoms with Gasteiger partial charge in [0.25, 0.3) is 11.7 Å². The van der Waals surface area contributed by atoms with E-state index < -0.39 is 23.7 Å². The molecule has 0 aromatic heterocycles. The SMILES string of the molecule is CCOc1ccc(/C(O)=C2\C(=O)C(=O)N(c3cccc(OC)c3)C2c2cccc(OC(C)=O)c2)cc1C(C)C. The number of esters is 1.